The van der Waals surface area contributed by atoms with Gasteiger partial charge >= 0.3 is 18.1 Å². The van der Waals surface area contributed by atoms with Crippen LogP contribution >= 0.6 is 11.6 Å². The molecular formula is C12H12ClF3N4O4. The number of methoxy groups -OCH3 is 1. The second kappa shape index (κ2) is 8.43. The lowest BCUT2D eigenvalue weighted by Crippen LogP contribution is -2.48. The molecule has 0 spiro atoms. The number of anilines is 1. The number of amides is 1. The highest BCUT2D eigenvalue weighted by molar-refractivity contribution is 6.29. The summed E-state index contributed by atoms with van der Waals surface area (Å²) in [5.74, 6) is -3.99. The van der Waals surface area contributed by atoms with Gasteiger partial charge in [0.1, 0.15) is 11.9 Å². The zero-order chi connectivity index (χ0) is 18.3. The highest BCUT2D eigenvalue weighted by Gasteiger charge is 2.41. The average Bonchev–Trinajstić information content (AvgIpc) is 2.52. The van der Waals surface area contributed by atoms with Crippen molar-refractivity contribution in [1.82, 2.24) is 15.5 Å². The van der Waals surface area contributed by atoms with E-state index in [1.807, 2.05) is 0 Å². The van der Waals surface area contributed by atoms with Crippen LogP contribution in [0.1, 0.15) is 6.42 Å². The Bertz CT molecular complexity index is 609. The normalized spacial score (nSPS) is 12.2. The Balaban J connectivity index is 2.62. The molecule has 24 heavy (non-hydrogen) atoms. The molecule has 0 aliphatic carbocycles. The van der Waals surface area contributed by atoms with Gasteiger partial charge in [0.2, 0.25) is 0 Å². The molecular weight excluding hydrogens is 357 g/mol. The van der Waals surface area contributed by atoms with E-state index in [-0.39, 0.29) is 17.5 Å². The third-order valence-corrected chi connectivity index (χ3v) is 2.78. The molecule has 0 saturated heterocycles. The third-order valence-electron chi connectivity index (χ3n) is 2.58. The van der Waals surface area contributed by atoms with E-state index in [9.17, 15) is 27.6 Å². The first-order chi connectivity index (χ1) is 11.1. The third kappa shape index (κ3) is 6.36. The Kier molecular flexibility index (Phi) is 6.89. The number of nitrogens with one attached hydrogen (secondary N) is 2. The van der Waals surface area contributed by atoms with E-state index in [0.717, 1.165) is 7.11 Å². The lowest BCUT2D eigenvalue weighted by atomic mass is 10.1. The predicted octanol–water partition coefficient (Wildman–Crippen LogP) is 0.721. The molecule has 8 nitrogen and oxygen atoms in total. The van der Waals surface area contributed by atoms with Crippen LogP contribution in [0.4, 0.5) is 19.0 Å². The summed E-state index contributed by atoms with van der Waals surface area (Å²) >= 11 is 5.53. The minimum atomic E-state index is -5.19. The van der Waals surface area contributed by atoms with E-state index in [0.29, 0.717) is 0 Å². The van der Waals surface area contributed by atoms with Gasteiger partial charge in [0.05, 0.1) is 13.7 Å². The Morgan fingerprint density at radius 2 is 1.96 bits per heavy atom. The van der Waals surface area contributed by atoms with Crippen LogP contribution in [0.2, 0.25) is 5.15 Å². The number of esters is 1. The molecule has 1 rings (SSSR count). The molecule has 1 amide bonds. The molecule has 0 aliphatic rings. The molecule has 0 aliphatic heterocycles. The molecule has 132 valence electrons. The van der Waals surface area contributed by atoms with Crippen molar-refractivity contribution in [2.75, 3.05) is 19.0 Å². The number of rotatable bonds is 7. The Morgan fingerprint density at radius 1 is 1.29 bits per heavy atom. The maximum Gasteiger partial charge on any atom is 0.471 e. The number of ketones is 1. The predicted molar refractivity (Wildman–Crippen MR) is 75.2 cm³/mol. The largest absolute Gasteiger partial charge is 0.471 e. The number of carbonyl (C=O) groups excluding carboxylic acids is 3. The van der Waals surface area contributed by atoms with Crippen LogP contribution in [0, 0.1) is 0 Å². The van der Waals surface area contributed by atoms with Crippen LogP contribution in [0.3, 0.4) is 0 Å². The fraction of sp³-hybridized carbons (Fsp3) is 0.417. The van der Waals surface area contributed by atoms with Crippen molar-refractivity contribution >= 4 is 35.1 Å². The molecule has 12 heteroatoms. The molecule has 1 aromatic heterocycles. The SMILES string of the molecule is COC(=O)[C@H](CC(=O)CNc1ccc(Cl)nn1)NC(=O)C(F)(F)F. The van der Waals surface area contributed by atoms with Gasteiger partial charge in [0.25, 0.3) is 0 Å². The quantitative estimate of drug-likeness (QED) is 0.682. The highest BCUT2D eigenvalue weighted by atomic mass is 35.5. The van der Waals surface area contributed by atoms with E-state index in [1.54, 1.807) is 0 Å². The number of aromatic nitrogens is 2. The van der Waals surface area contributed by atoms with Gasteiger partial charge in [0.15, 0.2) is 10.9 Å². The minimum Gasteiger partial charge on any atom is -0.467 e. The van der Waals surface area contributed by atoms with Gasteiger partial charge in [-0.15, -0.1) is 10.2 Å². The Morgan fingerprint density at radius 3 is 2.46 bits per heavy atom. The Hall–Kier alpha value is -2.43. The second-order valence-electron chi connectivity index (χ2n) is 4.38. The van der Waals surface area contributed by atoms with Crippen molar-refractivity contribution in [2.45, 2.75) is 18.6 Å². The van der Waals surface area contributed by atoms with Crippen LogP contribution in [0.25, 0.3) is 0 Å². The van der Waals surface area contributed by atoms with Gasteiger partial charge in [-0.05, 0) is 12.1 Å². The van der Waals surface area contributed by atoms with Crippen LogP contribution in [0.15, 0.2) is 12.1 Å². The highest BCUT2D eigenvalue weighted by Crippen LogP contribution is 2.15. The monoisotopic (exact) mass is 368 g/mol. The fourth-order valence-electron chi connectivity index (χ4n) is 1.47. The number of hydrogen-bond donors (Lipinski definition) is 2. The summed E-state index contributed by atoms with van der Waals surface area (Å²) in [6.45, 7) is -0.355. The topological polar surface area (TPSA) is 110 Å². The summed E-state index contributed by atoms with van der Waals surface area (Å²) in [6, 6.07) is 1.07. The number of Topliss-reactive ketones (excluding diaryl/α,β-unsaturated/α-hetero) is 1. The van der Waals surface area contributed by atoms with Crippen molar-refractivity contribution in [3.63, 3.8) is 0 Å². The number of hydrogen-bond acceptors (Lipinski definition) is 7. The standard InChI is InChI=1S/C12H12ClF3N4O4/c1-24-10(22)7(18-11(23)12(14,15)16)4-6(21)5-17-9-3-2-8(13)19-20-9/h2-3,7H,4-5H2,1H3,(H,17,20)(H,18,23)/t7-/m0/s1. The second-order valence-corrected chi connectivity index (χ2v) is 4.77. The molecule has 0 bridgehead atoms. The lowest BCUT2D eigenvalue weighted by molar-refractivity contribution is -0.175. The summed E-state index contributed by atoms with van der Waals surface area (Å²) < 4.78 is 41.0. The molecule has 1 aromatic rings. The van der Waals surface area contributed by atoms with Crippen molar-refractivity contribution in [1.29, 1.82) is 0 Å². The molecule has 0 unspecified atom stereocenters. The van der Waals surface area contributed by atoms with Gasteiger partial charge in [-0.1, -0.05) is 11.6 Å². The van der Waals surface area contributed by atoms with E-state index in [1.165, 1.54) is 17.4 Å². The van der Waals surface area contributed by atoms with Crippen LogP contribution in [-0.4, -0.2) is 53.7 Å². The smallest absolute Gasteiger partial charge is 0.467 e. The molecule has 1 heterocycles. The number of nitrogens with zero attached hydrogens (tertiary/aromatic N) is 2. The summed E-state index contributed by atoms with van der Waals surface area (Å²) in [5, 5.41) is 11.2. The molecule has 2 N–H and O–H groups in total. The van der Waals surface area contributed by atoms with Crippen LogP contribution in [0.5, 0.6) is 0 Å². The van der Waals surface area contributed by atoms with Gasteiger partial charge < -0.3 is 15.4 Å². The summed E-state index contributed by atoms with van der Waals surface area (Å²) in [6.07, 6.45) is -5.88. The molecule has 0 saturated carbocycles. The van der Waals surface area contributed by atoms with Crippen molar-refractivity contribution < 1.29 is 32.3 Å². The van der Waals surface area contributed by atoms with E-state index < -0.39 is 36.3 Å². The van der Waals surface area contributed by atoms with E-state index >= 15 is 0 Å². The Labute approximate surface area is 138 Å². The van der Waals surface area contributed by atoms with Crippen molar-refractivity contribution in [3.8, 4) is 0 Å². The maximum absolute atomic E-state index is 12.2. The number of alkyl halides is 3. The first kappa shape index (κ1) is 19.6. The van der Waals surface area contributed by atoms with Crippen LogP contribution in [-0.2, 0) is 19.1 Å². The summed E-state index contributed by atoms with van der Waals surface area (Å²) in [7, 11) is 0.918. The molecule has 0 fully saturated rings. The molecule has 0 radical (unpaired) electrons. The lowest BCUT2D eigenvalue weighted by Gasteiger charge is -2.17. The van der Waals surface area contributed by atoms with Gasteiger partial charge in [0, 0.05) is 6.42 Å². The zero-order valence-corrected chi connectivity index (χ0v) is 12.9. The fourth-order valence-corrected chi connectivity index (χ4v) is 1.58. The molecule has 1 atom stereocenters. The van der Waals surface area contributed by atoms with Gasteiger partial charge in [-0.25, -0.2) is 4.79 Å². The van der Waals surface area contributed by atoms with Crippen LogP contribution < -0.4 is 10.6 Å². The molecule has 0 aromatic carbocycles. The van der Waals surface area contributed by atoms with Crippen molar-refractivity contribution in [3.05, 3.63) is 17.3 Å². The first-order valence-corrected chi connectivity index (χ1v) is 6.71. The van der Waals surface area contributed by atoms with Crippen molar-refractivity contribution in [2.24, 2.45) is 0 Å². The average molecular weight is 369 g/mol. The van der Waals surface area contributed by atoms with Gasteiger partial charge in [-0.2, -0.15) is 13.2 Å². The minimum absolute atomic E-state index is 0.132. The zero-order valence-electron chi connectivity index (χ0n) is 12.2. The number of carbonyl (C=O) groups is 3. The first-order valence-electron chi connectivity index (χ1n) is 6.33. The summed E-state index contributed by atoms with van der Waals surface area (Å²) in [4.78, 5) is 34.1. The van der Waals surface area contributed by atoms with E-state index in [4.69, 9.17) is 11.6 Å². The number of halogens is 4. The van der Waals surface area contributed by atoms with E-state index in [2.05, 4.69) is 20.3 Å². The maximum atomic E-state index is 12.2. The number of ether oxygens (including phenoxy) is 1. The summed E-state index contributed by atoms with van der Waals surface area (Å²) in [5.41, 5.74) is 0. The van der Waals surface area contributed by atoms with Gasteiger partial charge in [-0.3, -0.25) is 9.59 Å².